The zero-order valence-electron chi connectivity index (χ0n) is 17.2. The van der Waals surface area contributed by atoms with Crippen LogP contribution in [0.25, 0.3) is 0 Å². The van der Waals surface area contributed by atoms with Crippen molar-refractivity contribution >= 4 is 57.4 Å². The number of nitrogens with one attached hydrogen (secondary N) is 2. The van der Waals surface area contributed by atoms with Crippen LogP contribution in [0.15, 0.2) is 54.6 Å². The highest BCUT2D eigenvalue weighted by Gasteiger charge is 2.23. The molecule has 2 amide bonds. The Balaban J connectivity index is 0.000000379. The van der Waals surface area contributed by atoms with Gasteiger partial charge in [0.2, 0.25) is 5.91 Å². The van der Waals surface area contributed by atoms with Gasteiger partial charge in [0.05, 0.1) is 35.2 Å². The van der Waals surface area contributed by atoms with Crippen LogP contribution in [0.4, 0.5) is 24.5 Å². The number of rotatable bonds is 7. The van der Waals surface area contributed by atoms with Crippen LogP contribution < -0.4 is 16.5 Å². The lowest BCUT2D eigenvalue weighted by molar-refractivity contribution is 0.0168. The van der Waals surface area contributed by atoms with E-state index in [1.807, 2.05) is 34.1 Å². The lowest BCUT2D eigenvalue weighted by Crippen LogP contribution is -2.26. The molecule has 0 aliphatic rings. The van der Waals surface area contributed by atoms with Gasteiger partial charge in [0, 0.05) is 9.13 Å². The summed E-state index contributed by atoms with van der Waals surface area (Å²) < 4.78 is 42.1. The molecule has 5 N–H and O–H groups in total. The number of carbonyl (C=O) groups excluding carboxylic acids is 2. The van der Waals surface area contributed by atoms with Crippen LogP contribution in [-0.4, -0.2) is 30.1 Å². The number of hydrogen-bond donors (Lipinski definition) is 4. The average Bonchev–Trinajstić information content (AvgIpc) is 2.81. The van der Waals surface area contributed by atoms with Crippen LogP contribution in [0.5, 0.6) is 0 Å². The first-order valence-corrected chi connectivity index (χ1v) is 10.9. The number of halogens is 5. The molecule has 0 saturated heterocycles. The number of nitrogens with two attached hydrogens (primary N) is 1. The Morgan fingerprint density at radius 1 is 1.06 bits per heavy atom. The van der Waals surface area contributed by atoms with Gasteiger partial charge in [-0.25, -0.2) is 18.7 Å². The van der Waals surface area contributed by atoms with Crippen molar-refractivity contribution < 1.29 is 32.7 Å². The molecule has 180 valence electrons. The number of hydrogen-bond acceptors (Lipinski definition) is 5. The van der Waals surface area contributed by atoms with E-state index in [2.05, 4.69) is 10.2 Å². The summed E-state index contributed by atoms with van der Waals surface area (Å²) in [6.45, 7) is -0.612. The van der Waals surface area contributed by atoms with E-state index in [9.17, 15) is 22.8 Å². The third kappa shape index (κ3) is 7.58. The molecule has 0 unspecified atom stereocenters. The summed E-state index contributed by atoms with van der Waals surface area (Å²) in [7, 11) is 0. The average molecular weight is 608 g/mol. The van der Waals surface area contributed by atoms with Gasteiger partial charge in [-0.1, -0.05) is 29.8 Å². The van der Waals surface area contributed by atoms with Crippen LogP contribution >= 0.6 is 34.2 Å². The maximum absolute atomic E-state index is 14.2. The van der Waals surface area contributed by atoms with E-state index < -0.39 is 34.6 Å². The molecular formula is C22H18ClF3IN3O4. The maximum atomic E-state index is 14.2. The minimum Gasteiger partial charge on any atom is -0.394 e. The summed E-state index contributed by atoms with van der Waals surface area (Å²) in [6, 6.07) is 14.0. The van der Waals surface area contributed by atoms with Crippen molar-refractivity contribution in [1.29, 1.82) is 0 Å². The third-order valence-electron chi connectivity index (χ3n) is 4.01. The van der Waals surface area contributed by atoms with Crippen molar-refractivity contribution in [2.45, 2.75) is 0 Å². The first-order valence-electron chi connectivity index (χ1n) is 9.43. The van der Waals surface area contributed by atoms with E-state index in [-0.39, 0.29) is 29.8 Å². The number of hydroxylamine groups is 1. The van der Waals surface area contributed by atoms with Crippen molar-refractivity contribution in [3.8, 4) is 0 Å². The lowest BCUT2D eigenvalue weighted by Gasteiger charge is -2.15. The normalized spacial score (nSPS) is 10.2. The van der Waals surface area contributed by atoms with E-state index >= 15 is 0 Å². The van der Waals surface area contributed by atoms with Crippen LogP contribution in [-0.2, 0) is 4.84 Å². The van der Waals surface area contributed by atoms with E-state index in [0.717, 1.165) is 3.57 Å². The highest BCUT2D eigenvalue weighted by Crippen LogP contribution is 2.32. The molecule has 3 rings (SSSR count). The molecule has 0 bridgehead atoms. The number of amides is 2. The van der Waals surface area contributed by atoms with Gasteiger partial charge in [0.25, 0.3) is 5.91 Å². The summed E-state index contributed by atoms with van der Waals surface area (Å²) in [4.78, 5) is 27.1. The van der Waals surface area contributed by atoms with Crippen LogP contribution in [0, 0.1) is 21.0 Å². The number of carbonyl (C=O) groups is 2. The van der Waals surface area contributed by atoms with Gasteiger partial charge in [0.1, 0.15) is 0 Å². The molecule has 0 saturated carbocycles. The van der Waals surface area contributed by atoms with Crippen molar-refractivity contribution in [2.24, 2.45) is 5.73 Å². The molecule has 3 aromatic rings. The summed E-state index contributed by atoms with van der Waals surface area (Å²) >= 11 is 8.04. The fourth-order valence-corrected chi connectivity index (χ4v) is 3.34. The second-order valence-corrected chi connectivity index (χ2v) is 8.04. The molecule has 0 radical (unpaired) electrons. The Morgan fingerprint density at radius 2 is 1.74 bits per heavy atom. The maximum Gasteiger partial charge on any atom is 0.277 e. The monoisotopic (exact) mass is 607 g/mol. The van der Waals surface area contributed by atoms with Crippen molar-refractivity contribution in [3.63, 3.8) is 0 Å². The van der Waals surface area contributed by atoms with E-state index in [0.29, 0.717) is 11.6 Å². The van der Waals surface area contributed by atoms with Gasteiger partial charge >= 0.3 is 0 Å². The second kappa shape index (κ2) is 13.1. The predicted octanol–water partition coefficient (Wildman–Crippen LogP) is 4.54. The molecule has 0 spiro atoms. The Labute approximate surface area is 211 Å². The first kappa shape index (κ1) is 27.4. The zero-order chi connectivity index (χ0) is 25.3. The van der Waals surface area contributed by atoms with E-state index in [4.69, 9.17) is 22.4 Å². The second-order valence-electron chi connectivity index (χ2n) is 6.39. The standard InChI is InChI=1S/C15H11ClF3IN2O3.C7H7NO/c16-9-5-7(20)1-2-11(9)21-14-8(15(24)22-25-4-3-23)6-10(17)12(18)13(14)19;8-7(9)6-4-2-1-3-5-6/h1-2,5-6,21,23H,3-4H2,(H,22,24);1-5H,(H2,8,9). The smallest absolute Gasteiger partial charge is 0.277 e. The topological polar surface area (TPSA) is 114 Å². The van der Waals surface area contributed by atoms with Crippen LogP contribution in [0.3, 0.4) is 0 Å². The Kier molecular flexibility index (Phi) is 10.6. The van der Waals surface area contributed by atoms with Gasteiger partial charge in [-0.15, -0.1) is 0 Å². The zero-order valence-corrected chi connectivity index (χ0v) is 20.2. The highest BCUT2D eigenvalue weighted by atomic mass is 127. The molecule has 0 aliphatic carbocycles. The molecule has 3 aromatic carbocycles. The van der Waals surface area contributed by atoms with Crippen molar-refractivity contribution in [3.05, 3.63) is 91.8 Å². The van der Waals surface area contributed by atoms with E-state index in [1.165, 1.54) is 6.07 Å². The molecule has 0 aliphatic heterocycles. The molecule has 0 fully saturated rings. The summed E-state index contributed by atoms with van der Waals surface area (Å²) in [5.74, 6) is -6.27. The molecular weight excluding hydrogens is 590 g/mol. The number of benzene rings is 3. The quantitative estimate of drug-likeness (QED) is 0.136. The number of aliphatic hydroxyl groups excluding tert-OH is 1. The van der Waals surface area contributed by atoms with Gasteiger partial charge < -0.3 is 16.2 Å². The number of primary amides is 1. The third-order valence-corrected chi connectivity index (χ3v) is 5.00. The first-order chi connectivity index (χ1) is 16.1. The van der Waals surface area contributed by atoms with Gasteiger partial charge in [-0.05, 0) is 59.0 Å². The molecule has 0 atom stereocenters. The number of anilines is 2. The fraction of sp³-hybridized carbons (Fsp3) is 0.0909. The molecule has 34 heavy (non-hydrogen) atoms. The molecule has 7 nitrogen and oxygen atoms in total. The Morgan fingerprint density at radius 3 is 2.29 bits per heavy atom. The van der Waals surface area contributed by atoms with Gasteiger partial charge in [0.15, 0.2) is 17.5 Å². The SMILES string of the molecule is NC(=O)c1ccccc1.O=C(NOCCO)c1cc(F)c(F)c(F)c1Nc1ccc(I)cc1Cl. The largest absolute Gasteiger partial charge is 0.394 e. The Hall–Kier alpha value is -2.87. The Bertz CT molecular complexity index is 1170. The van der Waals surface area contributed by atoms with Gasteiger partial charge in [-0.2, -0.15) is 0 Å². The molecule has 0 aromatic heterocycles. The predicted molar refractivity (Wildman–Crippen MR) is 129 cm³/mol. The van der Waals surface area contributed by atoms with E-state index in [1.54, 1.807) is 36.4 Å². The number of aliphatic hydroxyl groups is 1. The summed E-state index contributed by atoms with van der Waals surface area (Å²) in [5.41, 5.74) is 6.47. The van der Waals surface area contributed by atoms with Crippen molar-refractivity contribution in [1.82, 2.24) is 5.48 Å². The molecule has 0 heterocycles. The van der Waals surface area contributed by atoms with Gasteiger partial charge in [-0.3, -0.25) is 14.4 Å². The van der Waals surface area contributed by atoms with Crippen molar-refractivity contribution in [2.75, 3.05) is 18.5 Å². The highest BCUT2D eigenvalue weighted by molar-refractivity contribution is 14.1. The van der Waals surface area contributed by atoms with Crippen LogP contribution in [0.1, 0.15) is 20.7 Å². The summed E-state index contributed by atoms with van der Waals surface area (Å²) in [6.07, 6.45) is 0. The van der Waals surface area contributed by atoms with Crippen LogP contribution in [0.2, 0.25) is 5.02 Å². The fourth-order valence-electron chi connectivity index (χ4n) is 2.44. The summed E-state index contributed by atoms with van der Waals surface area (Å²) in [5, 5.41) is 11.3. The minimum atomic E-state index is -1.74. The lowest BCUT2D eigenvalue weighted by atomic mass is 10.1. The molecule has 12 heteroatoms. The minimum absolute atomic E-state index is 0.192.